The number of primary amides is 1. The minimum Gasteiger partial charge on any atom is -0.365 e. The van der Waals surface area contributed by atoms with Gasteiger partial charge in [-0.2, -0.15) is 0 Å². The molecule has 136 valence electrons. The molecule has 6 nitrogen and oxygen atoms in total. The van der Waals surface area contributed by atoms with Gasteiger partial charge in [-0.1, -0.05) is 24.3 Å². The lowest BCUT2D eigenvalue weighted by atomic mass is 9.99. The zero-order valence-electron chi connectivity index (χ0n) is 15.3. The van der Waals surface area contributed by atoms with Gasteiger partial charge in [-0.25, -0.2) is 4.98 Å². The van der Waals surface area contributed by atoms with Gasteiger partial charge < -0.3 is 10.6 Å². The van der Waals surface area contributed by atoms with Gasteiger partial charge in [0.15, 0.2) is 5.65 Å². The quantitative estimate of drug-likeness (QED) is 0.447. The number of hydrogen-bond acceptors (Lipinski definition) is 4. The molecule has 6 heteroatoms. The molecule has 4 aromatic rings. The van der Waals surface area contributed by atoms with Crippen molar-refractivity contribution in [2.75, 3.05) is 20.6 Å². The molecule has 1 amide bonds. The molecule has 4 rings (SSSR count). The van der Waals surface area contributed by atoms with Gasteiger partial charge >= 0.3 is 0 Å². The van der Waals surface area contributed by atoms with E-state index >= 15 is 0 Å². The highest BCUT2D eigenvalue weighted by Gasteiger charge is 2.15. The standard InChI is InChI=1S/C21H20N4O2/c1-24(2)12-10-14-6-3-5-13-8-9-15-18(17(13)14)23-20-16(19(22)26)7-4-11-25(20)21(15)27/h3-9,11H,10,12H2,1-2H3,(H2,22,26). The third-order valence-electron chi connectivity index (χ3n) is 4.83. The van der Waals surface area contributed by atoms with E-state index in [1.54, 1.807) is 24.4 Å². The molecule has 2 aromatic carbocycles. The van der Waals surface area contributed by atoms with E-state index in [1.807, 2.05) is 32.3 Å². The van der Waals surface area contributed by atoms with Crippen molar-refractivity contribution in [2.24, 2.45) is 5.73 Å². The summed E-state index contributed by atoms with van der Waals surface area (Å²) >= 11 is 0. The molecule has 0 saturated carbocycles. The zero-order chi connectivity index (χ0) is 19.1. The van der Waals surface area contributed by atoms with Gasteiger partial charge in [0.2, 0.25) is 0 Å². The van der Waals surface area contributed by atoms with Crippen molar-refractivity contribution >= 4 is 33.2 Å². The first-order chi connectivity index (χ1) is 13.0. The van der Waals surface area contributed by atoms with Crippen LogP contribution in [0.1, 0.15) is 15.9 Å². The molecule has 0 aliphatic carbocycles. The van der Waals surface area contributed by atoms with Gasteiger partial charge in [0.1, 0.15) is 0 Å². The summed E-state index contributed by atoms with van der Waals surface area (Å²) in [6.07, 6.45) is 2.45. The number of fused-ring (bicyclic) bond motifs is 4. The fraction of sp³-hybridized carbons (Fsp3) is 0.190. The molecule has 2 heterocycles. The van der Waals surface area contributed by atoms with Crippen LogP contribution in [-0.4, -0.2) is 40.8 Å². The van der Waals surface area contributed by atoms with E-state index in [0.717, 1.165) is 29.3 Å². The predicted molar refractivity (Wildman–Crippen MR) is 107 cm³/mol. The van der Waals surface area contributed by atoms with Crippen molar-refractivity contribution in [3.8, 4) is 0 Å². The number of carbonyl (C=O) groups excluding carboxylic acids is 1. The molecule has 2 aromatic heterocycles. The van der Waals surface area contributed by atoms with Gasteiger partial charge in [-0.05, 0) is 49.7 Å². The van der Waals surface area contributed by atoms with Crippen LogP contribution in [0.5, 0.6) is 0 Å². The molecule has 2 N–H and O–H groups in total. The number of rotatable bonds is 4. The van der Waals surface area contributed by atoms with Crippen LogP contribution in [0.2, 0.25) is 0 Å². The summed E-state index contributed by atoms with van der Waals surface area (Å²) in [5, 5.41) is 2.50. The van der Waals surface area contributed by atoms with Crippen molar-refractivity contribution < 1.29 is 4.79 Å². The van der Waals surface area contributed by atoms with Crippen LogP contribution < -0.4 is 11.3 Å². The largest absolute Gasteiger partial charge is 0.365 e. The molecule has 0 saturated heterocycles. The Bertz CT molecular complexity index is 1260. The lowest BCUT2D eigenvalue weighted by Crippen LogP contribution is -2.20. The highest BCUT2D eigenvalue weighted by Crippen LogP contribution is 2.27. The fourth-order valence-corrected chi connectivity index (χ4v) is 3.48. The Morgan fingerprint density at radius 2 is 1.96 bits per heavy atom. The Morgan fingerprint density at radius 3 is 2.70 bits per heavy atom. The maximum Gasteiger partial charge on any atom is 0.265 e. The fourth-order valence-electron chi connectivity index (χ4n) is 3.48. The molecule has 0 aliphatic heterocycles. The van der Waals surface area contributed by atoms with E-state index in [-0.39, 0.29) is 16.8 Å². The Hall–Kier alpha value is -3.25. The summed E-state index contributed by atoms with van der Waals surface area (Å²) in [6, 6.07) is 13.1. The molecule has 0 aliphatic rings. The SMILES string of the molecule is CN(C)CCc1cccc2ccc3c(=O)n4cccc(C(N)=O)c4nc3c12. The number of aromatic nitrogens is 2. The van der Waals surface area contributed by atoms with E-state index in [4.69, 9.17) is 10.7 Å². The van der Waals surface area contributed by atoms with Crippen molar-refractivity contribution in [1.82, 2.24) is 14.3 Å². The minimum absolute atomic E-state index is 0.206. The molecule has 0 atom stereocenters. The molecule has 0 bridgehead atoms. The first kappa shape index (κ1) is 17.2. The van der Waals surface area contributed by atoms with Crippen molar-refractivity contribution in [1.29, 1.82) is 0 Å². The Morgan fingerprint density at radius 1 is 1.15 bits per heavy atom. The number of carbonyl (C=O) groups is 1. The summed E-state index contributed by atoms with van der Waals surface area (Å²) in [5.41, 5.74) is 7.55. The summed E-state index contributed by atoms with van der Waals surface area (Å²) in [6.45, 7) is 0.884. The molecule has 0 radical (unpaired) electrons. The van der Waals surface area contributed by atoms with Gasteiger partial charge in [0, 0.05) is 18.1 Å². The number of amides is 1. The van der Waals surface area contributed by atoms with Gasteiger partial charge in [0.25, 0.3) is 11.5 Å². The minimum atomic E-state index is -0.604. The molecular weight excluding hydrogens is 340 g/mol. The Balaban J connectivity index is 2.14. The molecule has 27 heavy (non-hydrogen) atoms. The lowest BCUT2D eigenvalue weighted by Gasteiger charge is -2.13. The van der Waals surface area contributed by atoms with Crippen molar-refractivity contribution in [3.05, 3.63) is 70.1 Å². The van der Waals surface area contributed by atoms with E-state index < -0.39 is 5.91 Å². The average Bonchev–Trinajstić information content (AvgIpc) is 2.65. The number of hydrogen-bond donors (Lipinski definition) is 1. The highest BCUT2D eigenvalue weighted by molar-refractivity contribution is 6.08. The van der Waals surface area contributed by atoms with Crippen LogP contribution in [0.3, 0.4) is 0 Å². The summed E-state index contributed by atoms with van der Waals surface area (Å²) in [7, 11) is 4.06. The Labute approximate surface area is 155 Å². The first-order valence-electron chi connectivity index (χ1n) is 8.77. The monoisotopic (exact) mass is 360 g/mol. The average molecular weight is 360 g/mol. The normalized spacial score (nSPS) is 11.7. The van der Waals surface area contributed by atoms with E-state index in [2.05, 4.69) is 11.0 Å². The van der Waals surface area contributed by atoms with Crippen LogP contribution in [0, 0.1) is 0 Å². The molecule has 0 fully saturated rings. The van der Waals surface area contributed by atoms with Crippen LogP contribution in [0.25, 0.3) is 27.3 Å². The van der Waals surface area contributed by atoms with Crippen LogP contribution in [0.4, 0.5) is 0 Å². The third kappa shape index (κ3) is 2.84. The van der Waals surface area contributed by atoms with E-state index in [1.165, 1.54) is 4.40 Å². The smallest absolute Gasteiger partial charge is 0.265 e. The number of nitrogens with two attached hydrogens (primary N) is 1. The van der Waals surface area contributed by atoms with E-state index in [0.29, 0.717) is 10.9 Å². The molecular formula is C21H20N4O2. The maximum absolute atomic E-state index is 13.0. The van der Waals surface area contributed by atoms with Gasteiger partial charge in [0.05, 0.1) is 16.5 Å². The second-order valence-corrected chi connectivity index (χ2v) is 6.93. The van der Waals surface area contributed by atoms with Gasteiger partial charge in [-0.3, -0.25) is 14.0 Å². The number of likely N-dealkylation sites (N-methyl/N-ethyl adjacent to an activating group) is 1. The van der Waals surface area contributed by atoms with Crippen LogP contribution in [0.15, 0.2) is 53.5 Å². The summed E-state index contributed by atoms with van der Waals surface area (Å²) in [5.74, 6) is -0.604. The number of nitrogens with zero attached hydrogens (tertiary/aromatic N) is 3. The second-order valence-electron chi connectivity index (χ2n) is 6.93. The Kier molecular flexibility index (Phi) is 4.12. The number of pyridine rings is 1. The second kappa shape index (κ2) is 6.48. The third-order valence-corrected chi connectivity index (χ3v) is 4.83. The van der Waals surface area contributed by atoms with Crippen molar-refractivity contribution in [2.45, 2.75) is 6.42 Å². The first-order valence-corrected chi connectivity index (χ1v) is 8.77. The molecule has 0 spiro atoms. The lowest BCUT2D eigenvalue weighted by molar-refractivity contribution is 0.100. The zero-order valence-corrected chi connectivity index (χ0v) is 15.3. The summed E-state index contributed by atoms with van der Waals surface area (Å²) in [4.78, 5) is 31.7. The van der Waals surface area contributed by atoms with Crippen LogP contribution >= 0.6 is 0 Å². The van der Waals surface area contributed by atoms with Crippen molar-refractivity contribution in [3.63, 3.8) is 0 Å². The highest BCUT2D eigenvalue weighted by atomic mass is 16.1. The van der Waals surface area contributed by atoms with Gasteiger partial charge in [-0.15, -0.1) is 0 Å². The van der Waals surface area contributed by atoms with E-state index in [9.17, 15) is 9.59 Å². The van der Waals surface area contributed by atoms with Crippen LogP contribution in [-0.2, 0) is 6.42 Å². The number of benzene rings is 2. The molecule has 0 unspecified atom stereocenters. The summed E-state index contributed by atoms with van der Waals surface area (Å²) < 4.78 is 1.39. The topological polar surface area (TPSA) is 80.7 Å². The predicted octanol–water partition coefficient (Wildman–Crippen LogP) is 2.20. The maximum atomic E-state index is 13.0.